The Labute approximate surface area is 179 Å². The minimum Gasteiger partial charge on any atom is -0.444 e. The summed E-state index contributed by atoms with van der Waals surface area (Å²) in [5.41, 5.74) is 1.40. The van der Waals surface area contributed by atoms with Crippen LogP contribution in [0.25, 0.3) is 0 Å². The highest BCUT2D eigenvalue weighted by Gasteiger charge is 2.25. The highest BCUT2D eigenvalue weighted by Crippen LogP contribution is 2.15. The van der Waals surface area contributed by atoms with Gasteiger partial charge < -0.3 is 19.9 Å². The SMILES string of the molecule is CCCCc1ccc(NC(=O)/C(C#N)=C\N2CCN(C(=O)OC(C)(C)C)CC2)cc1. The number of hydrogen-bond donors (Lipinski definition) is 1. The molecular formula is C23H32N4O3. The van der Waals surface area contributed by atoms with Gasteiger partial charge in [-0.2, -0.15) is 5.26 Å². The van der Waals surface area contributed by atoms with Crippen LogP contribution < -0.4 is 5.32 Å². The summed E-state index contributed by atoms with van der Waals surface area (Å²) in [6, 6.07) is 9.69. The minimum atomic E-state index is -0.533. The van der Waals surface area contributed by atoms with Crippen LogP contribution in [0.1, 0.15) is 46.1 Å². The fraction of sp³-hybridized carbons (Fsp3) is 0.522. The third-order valence-corrected chi connectivity index (χ3v) is 4.67. The first-order valence-corrected chi connectivity index (χ1v) is 10.5. The minimum absolute atomic E-state index is 0.0378. The molecule has 2 rings (SSSR count). The number of anilines is 1. The van der Waals surface area contributed by atoms with Crippen LogP contribution in [0.15, 0.2) is 36.0 Å². The lowest BCUT2D eigenvalue weighted by Gasteiger charge is -2.35. The normalized spacial score (nSPS) is 14.8. The van der Waals surface area contributed by atoms with Gasteiger partial charge in [-0.3, -0.25) is 4.79 Å². The number of nitriles is 1. The molecule has 7 nitrogen and oxygen atoms in total. The average molecular weight is 413 g/mol. The topological polar surface area (TPSA) is 85.7 Å². The van der Waals surface area contributed by atoms with Gasteiger partial charge in [-0.05, 0) is 51.3 Å². The number of carbonyl (C=O) groups is 2. The van der Waals surface area contributed by atoms with Crippen molar-refractivity contribution in [2.45, 2.75) is 52.6 Å². The maximum absolute atomic E-state index is 12.5. The number of unbranched alkanes of at least 4 members (excludes halogenated alkanes) is 1. The zero-order valence-corrected chi connectivity index (χ0v) is 18.4. The van der Waals surface area contributed by atoms with Crippen LogP contribution in [0.2, 0.25) is 0 Å². The first kappa shape index (κ1) is 23.3. The third-order valence-electron chi connectivity index (χ3n) is 4.67. The molecule has 162 valence electrons. The number of nitrogens with zero attached hydrogens (tertiary/aromatic N) is 3. The van der Waals surface area contributed by atoms with E-state index in [2.05, 4.69) is 12.2 Å². The van der Waals surface area contributed by atoms with E-state index in [0.717, 1.165) is 19.3 Å². The average Bonchev–Trinajstić information content (AvgIpc) is 2.70. The van der Waals surface area contributed by atoms with Gasteiger partial charge in [0.15, 0.2) is 0 Å². The quantitative estimate of drug-likeness (QED) is 0.565. The summed E-state index contributed by atoms with van der Waals surface area (Å²) in [6.45, 7) is 9.67. The van der Waals surface area contributed by atoms with Crippen LogP contribution in [0.5, 0.6) is 0 Å². The lowest BCUT2D eigenvalue weighted by atomic mass is 10.1. The van der Waals surface area contributed by atoms with Crippen LogP contribution >= 0.6 is 0 Å². The summed E-state index contributed by atoms with van der Waals surface area (Å²) < 4.78 is 5.39. The molecule has 1 saturated heterocycles. The zero-order valence-electron chi connectivity index (χ0n) is 18.4. The Morgan fingerprint density at radius 1 is 1.17 bits per heavy atom. The Balaban J connectivity index is 1.90. The standard InChI is InChI=1S/C23H32N4O3/c1-5-6-7-18-8-10-20(11-9-18)25-21(28)19(16-24)17-26-12-14-27(15-13-26)22(29)30-23(2,3)4/h8-11,17H,5-7,12-15H2,1-4H3,(H,25,28)/b19-17-. The molecule has 0 atom stereocenters. The van der Waals surface area contributed by atoms with E-state index in [1.54, 1.807) is 11.1 Å². The predicted octanol–water partition coefficient (Wildman–Crippen LogP) is 3.93. The molecule has 0 aromatic heterocycles. The molecular weight excluding hydrogens is 380 g/mol. The highest BCUT2D eigenvalue weighted by molar-refractivity contribution is 6.06. The van der Waals surface area contributed by atoms with Gasteiger partial charge in [-0.15, -0.1) is 0 Å². The maximum Gasteiger partial charge on any atom is 0.410 e. The molecule has 1 fully saturated rings. The number of hydrogen-bond acceptors (Lipinski definition) is 5. The van der Waals surface area contributed by atoms with E-state index in [1.165, 1.54) is 5.56 Å². The van der Waals surface area contributed by atoms with Crippen LogP contribution in [0.3, 0.4) is 0 Å². The summed E-state index contributed by atoms with van der Waals surface area (Å²) >= 11 is 0. The van der Waals surface area contributed by atoms with Crippen molar-refractivity contribution in [2.75, 3.05) is 31.5 Å². The van der Waals surface area contributed by atoms with Gasteiger partial charge in [0.2, 0.25) is 0 Å². The molecule has 1 aliphatic rings. The van der Waals surface area contributed by atoms with Gasteiger partial charge in [-0.25, -0.2) is 4.79 Å². The molecule has 1 heterocycles. The van der Waals surface area contributed by atoms with Crippen LogP contribution in [0.4, 0.5) is 10.5 Å². The molecule has 0 radical (unpaired) electrons. The second-order valence-corrected chi connectivity index (χ2v) is 8.41. The van der Waals surface area contributed by atoms with E-state index < -0.39 is 11.5 Å². The lowest BCUT2D eigenvalue weighted by Crippen LogP contribution is -2.48. The van der Waals surface area contributed by atoms with Crippen molar-refractivity contribution in [1.82, 2.24) is 9.80 Å². The molecule has 1 aromatic carbocycles. The predicted molar refractivity (Wildman–Crippen MR) is 117 cm³/mol. The Bertz CT molecular complexity index is 795. The smallest absolute Gasteiger partial charge is 0.410 e. The summed E-state index contributed by atoms with van der Waals surface area (Å²) in [5.74, 6) is -0.437. The van der Waals surface area contributed by atoms with Gasteiger partial charge in [0.05, 0.1) is 0 Å². The van der Waals surface area contributed by atoms with E-state index in [1.807, 2.05) is 56.0 Å². The van der Waals surface area contributed by atoms with E-state index in [4.69, 9.17) is 4.74 Å². The molecule has 0 spiro atoms. The molecule has 1 aromatic rings. The summed E-state index contributed by atoms with van der Waals surface area (Å²) in [4.78, 5) is 28.2. The molecule has 1 N–H and O–H groups in total. The molecule has 0 aliphatic carbocycles. The second kappa shape index (κ2) is 10.7. The number of rotatable bonds is 6. The number of benzene rings is 1. The van der Waals surface area contributed by atoms with Crippen molar-refractivity contribution < 1.29 is 14.3 Å². The molecule has 7 heteroatoms. The van der Waals surface area contributed by atoms with Crippen molar-refractivity contribution in [2.24, 2.45) is 0 Å². The Hall–Kier alpha value is -3.01. The Morgan fingerprint density at radius 3 is 2.33 bits per heavy atom. The van der Waals surface area contributed by atoms with E-state index in [9.17, 15) is 14.9 Å². The summed E-state index contributed by atoms with van der Waals surface area (Å²) in [6.07, 6.45) is 4.52. The van der Waals surface area contributed by atoms with Gasteiger partial charge >= 0.3 is 6.09 Å². The summed E-state index contributed by atoms with van der Waals surface area (Å²) in [7, 11) is 0. The van der Waals surface area contributed by atoms with Crippen molar-refractivity contribution in [3.8, 4) is 6.07 Å². The van der Waals surface area contributed by atoms with Crippen LogP contribution in [-0.2, 0) is 16.0 Å². The molecule has 0 unspecified atom stereocenters. The maximum atomic E-state index is 12.5. The number of carbonyl (C=O) groups excluding carboxylic acids is 2. The van der Waals surface area contributed by atoms with Gasteiger partial charge in [0.1, 0.15) is 17.2 Å². The van der Waals surface area contributed by atoms with Gasteiger partial charge in [0, 0.05) is 38.1 Å². The summed E-state index contributed by atoms with van der Waals surface area (Å²) in [5, 5.41) is 12.2. The number of nitrogens with one attached hydrogen (secondary N) is 1. The number of amides is 2. The second-order valence-electron chi connectivity index (χ2n) is 8.41. The Kier molecular flexibility index (Phi) is 8.28. The zero-order chi connectivity index (χ0) is 22.1. The number of ether oxygens (including phenoxy) is 1. The van der Waals surface area contributed by atoms with E-state index in [-0.39, 0.29) is 11.7 Å². The Morgan fingerprint density at radius 2 is 1.80 bits per heavy atom. The van der Waals surface area contributed by atoms with Crippen molar-refractivity contribution >= 4 is 17.7 Å². The van der Waals surface area contributed by atoms with Gasteiger partial charge in [0.25, 0.3) is 5.91 Å². The molecule has 2 amide bonds. The number of aryl methyl sites for hydroxylation is 1. The fourth-order valence-electron chi connectivity index (χ4n) is 3.01. The van der Waals surface area contributed by atoms with Gasteiger partial charge in [-0.1, -0.05) is 25.5 Å². The van der Waals surface area contributed by atoms with Crippen molar-refractivity contribution in [1.29, 1.82) is 5.26 Å². The monoisotopic (exact) mass is 412 g/mol. The lowest BCUT2D eigenvalue weighted by molar-refractivity contribution is -0.112. The van der Waals surface area contributed by atoms with Crippen molar-refractivity contribution in [3.63, 3.8) is 0 Å². The first-order valence-electron chi connectivity index (χ1n) is 10.5. The van der Waals surface area contributed by atoms with E-state index >= 15 is 0 Å². The van der Waals surface area contributed by atoms with Crippen LogP contribution in [-0.4, -0.2) is 53.6 Å². The van der Waals surface area contributed by atoms with E-state index in [0.29, 0.717) is 31.9 Å². The van der Waals surface area contributed by atoms with Crippen LogP contribution in [0, 0.1) is 11.3 Å². The molecule has 0 saturated carbocycles. The molecule has 1 aliphatic heterocycles. The molecule has 0 bridgehead atoms. The third kappa shape index (κ3) is 7.43. The number of piperazine rings is 1. The molecule has 30 heavy (non-hydrogen) atoms. The fourth-order valence-corrected chi connectivity index (χ4v) is 3.01. The largest absolute Gasteiger partial charge is 0.444 e. The highest BCUT2D eigenvalue weighted by atomic mass is 16.6. The first-order chi connectivity index (χ1) is 14.2. The van der Waals surface area contributed by atoms with Crippen molar-refractivity contribution in [3.05, 3.63) is 41.6 Å².